The summed E-state index contributed by atoms with van der Waals surface area (Å²) in [5, 5.41) is 4.22. The third-order valence-electron chi connectivity index (χ3n) is 2.03. The van der Waals surface area contributed by atoms with Crippen LogP contribution in [-0.2, 0) is 9.53 Å². The summed E-state index contributed by atoms with van der Waals surface area (Å²) in [5.41, 5.74) is 0.752. The van der Waals surface area contributed by atoms with Gasteiger partial charge in [-0.1, -0.05) is 23.2 Å². The van der Waals surface area contributed by atoms with Gasteiger partial charge in [0, 0.05) is 11.1 Å². The van der Waals surface area contributed by atoms with E-state index in [1.807, 2.05) is 6.92 Å². The molecule has 16 heavy (non-hydrogen) atoms. The second-order valence-electron chi connectivity index (χ2n) is 3.45. The lowest BCUT2D eigenvalue weighted by Crippen LogP contribution is -2.20. The molecule has 0 spiro atoms. The maximum Gasteiger partial charge on any atom is 0.307 e. The van der Waals surface area contributed by atoms with Crippen LogP contribution in [0.2, 0.25) is 10.0 Å². The minimum absolute atomic E-state index is 0.0499. The van der Waals surface area contributed by atoms with Gasteiger partial charge in [-0.05, 0) is 25.1 Å². The van der Waals surface area contributed by atoms with Crippen LogP contribution < -0.4 is 5.32 Å². The van der Waals surface area contributed by atoms with Crippen LogP contribution in [0.15, 0.2) is 18.2 Å². The van der Waals surface area contributed by atoms with Crippen molar-refractivity contribution in [3.05, 3.63) is 28.2 Å². The van der Waals surface area contributed by atoms with E-state index in [0.29, 0.717) is 10.0 Å². The van der Waals surface area contributed by atoms with E-state index in [1.165, 1.54) is 7.11 Å². The first-order valence-electron chi connectivity index (χ1n) is 4.81. The van der Waals surface area contributed by atoms with E-state index < -0.39 is 0 Å². The van der Waals surface area contributed by atoms with Crippen molar-refractivity contribution < 1.29 is 9.53 Å². The molecule has 1 atom stereocenters. The molecule has 1 N–H and O–H groups in total. The number of halogens is 2. The Morgan fingerprint density at radius 1 is 1.50 bits per heavy atom. The molecule has 1 aromatic carbocycles. The first-order valence-corrected chi connectivity index (χ1v) is 5.57. The predicted octanol–water partition coefficient (Wildman–Crippen LogP) is 3.36. The molecule has 0 radical (unpaired) electrons. The van der Waals surface area contributed by atoms with Crippen LogP contribution in [0.4, 0.5) is 5.69 Å². The number of rotatable bonds is 4. The van der Waals surface area contributed by atoms with Crippen LogP contribution in [-0.4, -0.2) is 19.1 Å². The normalized spacial score (nSPS) is 12.0. The highest BCUT2D eigenvalue weighted by Gasteiger charge is 2.10. The number of hydrogen-bond acceptors (Lipinski definition) is 3. The molecule has 0 bridgehead atoms. The summed E-state index contributed by atoms with van der Waals surface area (Å²) in [7, 11) is 1.37. The number of hydrogen-bond donors (Lipinski definition) is 1. The Morgan fingerprint density at radius 3 is 2.75 bits per heavy atom. The molecule has 3 nitrogen and oxygen atoms in total. The fourth-order valence-corrected chi connectivity index (χ4v) is 1.72. The smallest absolute Gasteiger partial charge is 0.307 e. The van der Waals surface area contributed by atoms with Gasteiger partial charge < -0.3 is 10.1 Å². The average molecular weight is 262 g/mol. The first kappa shape index (κ1) is 13.1. The Kier molecular flexibility index (Phi) is 4.90. The van der Waals surface area contributed by atoms with E-state index in [-0.39, 0.29) is 18.4 Å². The highest BCUT2D eigenvalue weighted by atomic mass is 35.5. The Morgan fingerprint density at radius 2 is 2.19 bits per heavy atom. The number of nitrogens with one attached hydrogen (secondary N) is 1. The van der Waals surface area contributed by atoms with Gasteiger partial charge in [-0.25, -0.2) is 0 Å². The van der Waals surface area contributed by atoms with Crippen molar-refractivity contribution >= 4 is 34.9 Å². The van der Waals surface area contributed by atoms with Crippen molar-refractivity contribution in [2.45, 2.75) is 19.4 Å². The molecule has 0 aliphatic heterocycles. The zero-order chi connectivity index (χ0) is 12.1. The largest absolute Gasteiger partial charge is 0.469 e. The van der Waals surface area contributed by atoms with Crippen molar-refractivity contribution in [3.8, 4) is 0 Å². The van der Waals surface area contributed by atoms with Gasteiger partial charge in [0.2, 0.25) is 0 Å². The fraction of sp³-hybridized carbons (Fsp3) is 0.364. The van der Waals surface area contributed by atoms with Gasteiger partial charge in [0.05, 0.1) is 24.2 Å². The van der Waals surface area contributed by atoms with E-state index in [4.69, 9.17) is 23.2 Å². The van der Waals surface area contributed by atoms with Gasteiger partial charge in [0.25, 0.3) is 0 Å². The molecule has 1 aromatic rings. The van der Waals surface area contributed by atoms with Crippen molar-refractivity contribution in [2.75, 3.05) is 12.4 Å². The number of ether oxygens (including phenoxy) is 1. The van der Waals surface area contributed by atoms with Crippen molar-refractivity contribution in [1.82, 2.24) is 0 Å². The summed E-state index contributed by atoms with van der Waals surface area (Å²) in [5.74, 6) is -0.259. The Hall–Kier alpha value is -0.930. The molecule has 1 unspecified atom stereocenters. The van der Waals surface area contributed by atoms with Crippen LogP contribution in [0, 0.1) is 0 Å². The molecule has 0 aliphatic rings. The lowest BCUT2D eigenvalue weighted by atomic mass is 10.2. The molecular formula is C11H13Cl2NO2. The summed E-state index contributed by atoms with van der Waals surface area (Å²) in [6, 6.07) is 5.11. The minimum atomic E-state index is -0.259. The quantitative estimate of drug-likeness (QED) is 0.845. The Bertz CT molecular complexity index is 382. The number of benzene rings is 1. The number of esters is 1. The first-order chi connectivity index (χ1) is 7.52. The summed E-state index contributed by atoms with van der Waals surface area (Å²) in [6.45, 7) is 1.88. The van der Waals surface area contributed by atoms with Gasteiger partial charge in [0.15, 0.2) is 0 Å². The van der Waals surface area contributed by atoms with E-state index in [2.05, 4.69) is 10.1 Å². The molecule has 0 aliphatic carbocycles. The van der Waals surface area contributed by atoms with Gasteiger partial charge in [-0.15, -0.1) is 0 Å². The highest BCUT2D eigenvalue weighted by Crippen LogP contribution is 2.26. The summed E-state index contributed by atoms with van der Waals surface area (Å²) in [6.07, 6.45) is 0.287. The Labute approximate surface area is 105 Å². The van der Waals surface area contributed by atoms with Gasteiger partial charge in [0.1, 0.15) is 0 Å². The SMILES string of the molecule is COC(=O)CC(C)Nc1ccc(Cl)cc1Cl. The highest BCUT2D eigenvalue weighted by molar-refractivity contribution is 6.36. The number of carbonyl (C=O) groups excluding carboxylic acids is 1. The maximum atomic E-state index is 11.0. The van der Waals surface area contributed by atoms with Crippen molar-refractivity contribution in [2.24, 2.45) is 0 Å². The minimum Gasteiger partial charge on any atom is -0.469 e. The van der Waals surface area contributed by atoms with Crippen molar-refractivity contribution in [3.63, 3.8) is 0 Å². The molecule has 0 fully saturated rings. The average Bonchev–Trinajstić information content (AvgIpc) is 2.22. The van der Waals surface area contributed by atoms with E-state index in [1.54, 1.807) is 18.2 Å². The number of methoxy groups -OCH3 is 1. The molecule has 0 aromatic heterocycles. The van der Waals surface area contributed by atoms with Crippen LogP contribution in [0.3, 0.4) is 0 Å². The lowest BCUT2D eigenvalue weighted by molar-refractivity contribution is -0.140. The molecule has 88 valence electrons. The summed E-state index contributed by atoms with van der Waals surface area (Å²) < 4.78 is 4.57. The molecule has 1 rings (SSSR count). The van der Waals surface area contributed by atoms with Gasteiger partial charge in [-0.3, -0.25) is 4.79 Å². The third kappa shape index (κ3) is 3.91. The zero-order valence-corrected chi connectivity index (χ0v) is 10.6. The predicted molar refractivity (Wildman–Crippen MR) is 66.2 cm³/mol. The zero-order valence-electron chi connectivity index (χ0n) is 9.09. The number of anilines is 1. The second kappa shape index (κ2) is 5.97. The molecule has 5 heteroatoms. The molecular weight excluding hydrogens is 249 g/mol. The summed E-state index contributed by atoms with van der Waals surface area (Å²) >= 11 is 11.8. The van der Waals surface area contributed by atoms with Gasteiger partial charge >= 0.3 is 5.97 Å². The van der Waals surface area contributed by atoms with Gasteiger partial charge in [-0.2, -0.15) is 0 Å². The standard InChI is InChI=1S/C11H13Cl2NO2/c1-7(5-11(15)16-2)14-10-4-3-8(12)6-9(10)13/h3-4,6-7,14H,5H2,1-2H3. The third-order valence-corrected chi connectivity index (χ3v) is 2.58. The van der Waals surface area contributed by atoms with E-state index in [9.17, 15) is 4.79 Å². The number of carbonyl (C=O) groups is 1. The topological polar surface area (TPSA) is 38.3 Å². The van der Waals surface area contributed by atoms with Crippen molar-refractivity contribution in [1.29, 1.82) is 0 Å². The van der Waals surface area contributed by atoms with Crippen LogP contribution in [0.25, 0.3) is 0 Å². The second-order valence-corrected chi connectivity index (χ2v) is 4.29. The lowest BCUT2D eigenvalue weighted by Gasteiger charge is -2.15. The molecule has 0 saturated heterocycles. The monoisotopic (exact) mass is 261 g/mol. The van der Waals surface area contributed by atoms with E-state index >= 15 is 0 Å². The molecule has 0 amide bonds. The van der Waals surface area contributed by atoms with Crippen LogP contribution in [0.5, 0.6) is 0 Å². The summed E-state index contributed by atoms with van der Waals surface area (Å²) in [4.78, 5) is 11.0. The Balaban J connectivity index is 2.62. The van der Waals surface area contributed by atoms with Crippen LogP contribution in [0.1, 0.15) is 13.3 Å². The van der Waals surface area contributed by atoms with E-state index in [0.717, 1.165) is 5.69 Å². The van der Waals surface area contributed by atoms with Crippen LogP contribution >= 0.6 is 23.2 Å². The molecule has 0 heterocycles. The molecule has 0 saturated carbocycles. The fourth-order valence-electron chi connectivity index (χ4n) is 1.26. The maximum absolute atomic E-state index is 11.0.